The minimum Gasteiger partial charge on any atom is -0.324 e. The van der Waals surface area contributed by atoms with Gasteiger partial charge in [-0.25, -0.2) is 4.39 Å². The molecule has 0 radical (unpaired) electrons. The zero-order valence-corrected chi connectivity index (χ0v) is 9.49. The van der Waals surface area contributed by atoms with Gasteiger partial charge in [0.15, 0.2) is 0 Å². The summed E-state index contributed by atoms with van der Waals surface area (Å²) >= 11 is 0. The second-order valence-corrected chi connectivity index (χ2v) is 4.03. The van der Waals surface area contributed by atoms with E-state index in [1.807, 2.05) is 18.2 Å². The van der Waals surface area contributed by atoms with E-state index in [-0.39, 0.29) is 11.9 Å². The van der Waals surface area contributed by atoms with Crippen molar-refractivity contribution in [2.75, 3.05) is 0 Å². The van der Waals surface area contributed by atoms with E-state index in [9.17, 15) is 4.39 Å². The standard InChI is InChI=1S/C15H14FN/c1-2-3-8-15(17)13-9-10-14(16)12-7-5-4-6-11(12)13/h1,4-7,9-10,15H,3,8,17H2. The van der Waals surface area contributed by atoms with Gasteiger partial charge in [0.1, 0.15) is 5.82 Å². The van der Waals surface area contributed by atoms with Gasteiger partial charge in [-0.1, -0.05) is 30.3 Å². The molecule has 0 saturated heterocycles. The van der Waals surface area contributed by atoms with Crippen LogP contribution >= 0.6 is 0 Å². The summed E-state index contributed by atoms with van der Waals surface area (Å²) in [5.41, 5.74) is 7.04. The molecule has 0 amide bonds. The minimum absolute atomic E-state index is 0.142. The first-order valence-electron chi connectivity index (χ1n) is 5.60. The average Bonchev–Trinajstić information content (AvgIpc) is 2.37. The van der Waals surface area contributed by atoms with Crippen molar-refractivity contribution in [1.29, 1.82) is 0 Å². The molecule has 0 aliphatic carbocycles. The molecule has 0 aliphatic heterocycles. The lowest BCUT2D eigenvalue weighted by molar-refractivity contribution is 0.635. The van der Waals surface area contributed by atoms with Gasteiger partial charge in [-0.15, -0.1) is 12.3 Å². The van der Waals surface area contributed by atoms with Crippen molar-refractivity contribution in [3.8, 4) is 12.3 Å². The number of halogens is 1. The van der Waals surface area contributed by atoms with Gasteiger partial charge in [-0.05, 0) is 23.4 Å². The smallest absolute Gasteiger partial charge is 0.131 e. The molecule has 0 heterocycles. The third-order valence-electron chi connectivity index (χ3n) is 2.90. The van der Waals surface area contributed by atoms with Crippen LogP contribution in [0.15, 0.2) is 36.4 Å². The van der Waals surface area contributed by atoms with E-state index in [2.05, 4.69) is 5.92 Å². The Labute approximate surface area is 100 Å². The predicted octanol–water partition coefficient (Wildman–Crippen LogP) is 3.39. The summed E-state index contributed by atoms with van der Waals surface area (Å²) in [4.78, 5) is 0. The average molecular weight is 227 g/mol. The maximum Gasteiger partial charge on any atom is 0.131 e. The molecule has 0 saturated carbocycles. The zero-order valence-electron chi connectivity index (χ0n) is 9.49. The van der Waals surface area contributed by atoms with Crippen LogP contribution < -0.4 is 5.73 Å². The summed E-state index contributed by atoms with van der Waals surface area (Å²) in [6.07, 6.45) is 6.57. The Balaban J connectivity index is 2.48. The molecule has 2 N–H and O–H groups in total. The van der Waals surface area contributed by atoms with Gasteiger partial charge in [-0.3, -0.25) is 0 Å². The summed E-state index contributed by atoms with van der Waals surface area (Å²) in [5, 5.41) is 1.48. The van der Waals surface area contributed by atoms with Crippen LogP contribution in [0.1, 0.15) is 24.4 Å². The van der Waals surface area contributed by atoms with Gasteiger partial charge in [0.2, 0.25) is 0 Å². The minimum atomic E-state index is -0.214. The fourth-order valence-electron chi connectivity index (χ4n) is 2.00. The summed E-state index contributed by atoms with van der Waals surface area (Å²) < 4.78 is 13.6. The summed E-state index contributed by atoms with van der Waals surface area (Å²) in [5.74, 6) is 2.36. The van der Waals surface area contributed by atoms with Gasteiger partial charge >= 0.3 is 0 Å². The SMILES string of the molecule is C#CCCC(N)c1ccc(F)c2ccccc12. The van der Waals surface area contributed by atoms with E-state index < -0.39 is 0 Å². The van der Waals surface area contributed by atoms with Gasteiger partial charge < -0.3 is 5.73 Å². The lowest BCUT2D eigenvalue weighted by Crippen LogP contribution is -2.10. The molecule has 1 unspecified atom stereocenters. The normalized spacial score (nSPS) is 12.3. The molecule has 2 aromatic rings. The zero-order chi connectivity index (χ0) is 12.3. The van der Waals surface area contributed by atoms with Crippen LogP contribution in [0, 0.1) is 18.2 Å². The lowest BCUT2D eigenvalue weighted by Gasteiger charge is -2.14. The summed E-state index contributed by atoms with van der Waals surface area (Å²) in [6, 6.07) is 10.4. The number of hydrogen-bond acceptors (Lipinski definition) is 1. The predicted molar refractivity (Wildman–Crippen MR) is 68.9 cm³/mol. The van der Waals surface area contributed by atoms with Crippen molar-refractivity contribution in [1.82, 2.24) is 0 Å². The Bertz CT molecular complexity index is 569. The number of hydrogen-bond donors (Lipinski definition) is 1. The van der Waals surface area contributed by atoms with E-state index in [1.54, 1.807) is 12.1 Å². The van der Waals surface area contributed by atoms with Crippen molar-refractivity contribution < 1.29 is 4.39 Å². The quantitative estimate of drug-likeness (QED) is 0.799. The van der Waals surface area contributed by atoms with Gasteiger partial charge in [0.05, 0.1) is 0 Å². The first kappa shape index (κ1) is 11.6. The largest absolute Gasteiger partial charge is 0.324 e. The number of benzene rings is 2. The molecule has 86 valence electrons. The van der Waals surface area contributed by atoms with Crippen LogP contribution in [0.2, 0.25) is 0 Å². The third-order valence-corrected chi connectivity index (χ3v) is 2.90. The maximum atomic E-state index is 13.6. The van der Waals surface area contributed by atoms with Crippen LogP contribution in [-0.4, -0.2) is 0 Å². The van der Waals surface area contributed by atoms with E-state index in [0.717, 1.165) is 10.9 Å². The first-order chi connectivity index (χ1) is 8.24. The van der Waals surface area contributed by atoms with Gasteiger partial charge in [0.25, 0.3) is 0 Å². The maximum absolute atomic E-state index is 13.6. The molecule has 17 heavy (non-hydrogen) atoms. The summed E-state index contributed by atoms with van der Waals surface area (Å²) in [6.45, 7) is 0. The number of terminal acetylenes is 1. The van der Waals surface area contributed by atoms with Gasteiger partial charge in [0, 0.05) is 17.8 Å². The highest BCUT2D eigenvalue weighted by Crippen LogP contribution is 2.27. The third kappa shape index (κ3) is 2.30. The fraction of sp³-hybridized carbons (Fsp3) is 0.200. The molecular weight excluding hydrogens is 213 g/mol. The summed E-state index contributed by atoms with van der Waals surface area (Å²) in [7, 11) is 0. The fourth-order valence-corrected chi connectivity index (χ4v) is 2.00. The van der Waals surface area contributed by atoms with Crippen LogP contribution in [0.5, 0.6) is 0 Å². The molecule has 0 bridgehead atoms. The highest BCUT2D eigenvalue weighted by molar-refractivity contribution is 5.86. The van der Waals surface area contributed by atoms with Crippen molar-refractivity contribution in [2.24, 2.45) is 5.73 Å². The molecule has 2 heteroatoms. The van der Waals surface area contributed by atoms with Gasteiger partial charge in [-0.2, -0.15) is 0 Å². The van der Waals surface area contributed by atoms with Crippen molar-refractivity contribution in [3.05, 3.63) is 47.8 Å². The number of rotatable bonds is 3. The highest BCUT2D eigenvalue weighted by atomic mass is 19.1. The second-order valence-electron chi connectivity index (χ2n) is 4.03. The Hall–Kier alpha value is -1.85. The first-order valence-corrected chi connectivity index (χ1v) is 5.60. The molecule has 0 aliphatic rings. The second kappa shape index (κ2) is 4.99. The number of fused-ring (bicyclic) bond motifs is 1. The number of nitrogens with two attached hydrogens (primary N) is 1. The Morgan fingerprint density at radius 3 is 2.59 bits per heavy atom. The molecule has 1 nitrogen and oxygen atoms in total. The molecule has 0 fully saturated rings. The van der Waals surface area contributed by atoms with Crippen LogP contribution in [0.3, 0.4) is 0 Å². The molecular formula is C15H14FN. The Morgan fingerprint density at radius 1 is 1.18 bits per heavy atom. The van der Waals surface area contributed by atoms with Crippen LogP contribution in [0.4, 0.5) is 4.39 Å². The molecule has 2 rings (SSSR count). The Morgan fingerprint density at radius 2 is 1.88 bits per heavy atom. The van der Waals surface area contributed by atoms with E-state index in [1.165, 1.54) is 6.07 Å². The molecule has 1 atom stereocenters. The van der Waals surface area contributed by atoms with Crippen molar-refractivity contribution in [3.63, 3.8) is 0 Å². The van der Waals surface area contributed by atoms with E-state index in [0.29, 0.717) is 18.2 Å². The van der Waals surface area contributed by atoms with Crippen molar-refractivity contribution in [2.45, 2.75) is 18.9 Å². The molecule has 2 aromatic carbocycles. The highest BCUT2D eigenvalue weighted by Gasteiger charge is 2.11. The molecule has 0 aromatic heterocycles. The van der Waals surface area contributed by atoms with E-state index >= 15 is 0 Å². The van der Waals surface area contributed by atoms with E-state index in [4.69, 9.17) is 12.2 Å². The van der Waals surface area contributed by atoms with Crippen LogP contribution in [0.25, 0.3) is 10.8 Å². The lowest BCUT2D eigenvalue weighted by atomic mass is 9.96. The van der Waals surface area contributed by atoms with Crippen molar-refractivity contribution >= 4 is 10.8 Å². The van der Waals surface area contributed by atoms with Crippen LogP contribution in [-0.2, 0) is 0 Å². The Kier molecular flexibility index (Phi) is 3.41. The molecule has 0 spiro atoms. The monoisotopic (exact) mass is 227 g/mol. The topological polar surface area (TPSA) is 26.0 Å².